The molecule has 0 saturated carbocycles. The van der Waals surface area contributed by atoms with Gasteiger partial charge in [0.2, 0.25) is 0 Å². The number of rotatable bonds is 1. The third-order valence-corrected chi connectivity index (χ3v) is 4.29. The van der Waals surface area contributed by atoms with Gasteiger partial charge in [-0.1, -0.05) is 44.2 Å². The molecular weight excluding hydrogens is 259 g/mol. The molecule has 3 rings (SSSR count). The predicted octanol–water partition coefficient (Wildman–Crippen LogP) is 3.51. The minimum atomic E-state index is -1.23. The van der Waals surface area contributed by atoms with Crippen molar-refractivity contribution < 1.29 is 4.39 Å². The largest absolute Gasteiger partial charge is 0.381 e. The summed E-state index contributed by atoms with van der Waals surface area (Å²) in [5, 5.41) is -1.23. The van der Waals surface area contributed by atoms with Crippen molar-refractivity contribution in [1.29, 1.82) is 0 Å². The van der Waals surface area contributed by atoms with E-state index in [-0.39, 0.29) is 5.82 Å². The fraction of sp³-hybridized carbons (Fsp3) is 0.294. The monoisotopic (exact) mass is 275 g/mol. The van der Waals surface area contributed by atoms with E-state index < -0.39 is 5.34 Å². The standard InChI is InChI=1S/C17H16B2FN/c1-10(2)11-6-4-7-12-15-13(8-5-9-14(15)20)17(18,19)21(3)16(11)12/h4-10H,1-3H3. The van der Waals surface area contributed by atoms with Crippen molar-refractivity contribution in [3.63, 3.8) is 0 Å². The first-order valence-electron chi connectivity index (χ1n) is 7.09. The molecule has 0 bridgehead atoms. The molecule has 0 unspecified atom stereocenters. The first-order chi connectivity index (χ1) is 9.85. The molecule has 4 heteroatoms. The Morgan fingerprint density at radius 3 is 2.43 bits per heavy atom. The smallest absolute Gasteiger partial charge is 0.131 e. The number of anilines is 1. The highest BCUT2D eigenvalue weighted by Gasteiger charge is 2.36. The third-order valence-electron chi connectivity index (χ3n) is 4.29. The van der Waals surface area contributed by atoms with Crippen LogP contribution in [-0.4, -0.2) is 22.7 Å². The molecule has 2 aromatic rings. The Labute approximate surface area is 128 Å². The van der Waals surface area contributed by atoms with Gasteiger partial charge < -0.3 is 4.90 Å². The van der Waals surface area contributed by atoms with E-state index in [4.69, 9.17) is 15.7 Å². The molecule has 0 fully saturated rings. The maximum Gasteiger partial charge on any atom is 0.131 e. The molecule has 1 aliphatic rings. The van der Waals surface area contributed by atoms with Gasteiger partial charge in [0, 0.05) is 23.9 Å². The van der Waals surface area contributed by atoms with Crippen molar-refractivity contribution in [3.05, 3.63) is 53.3 Å². The first-order valence-corrected chi connectivity index (χ1v) is 7.09. The third kappa shape index (κ3) is 1.92. The maximum absolute atomic E-state index is 14.4. The molecule has 1 aliphatic heterocycles. The normalized spacial score (nSPS) is 15.8. The number of halogens is 1. The molecule has 0 spiro atoms. The fourth-order valence-electron chi connectivity index (χ4n) is 3.10. The average molecular weight is 275 g/mol. The molecule has 4 radical (unpaired) electrons. The molecule has 2 aromatic carbocycles. The number of fused-ring (bicyclic) bond motifs is 3. The number of para-hydroxylation sites is 1. The highest BCUT2D eigenvalue weighted by molar-refractivity contribution is 6.42. The lowest BCUT2D eigenvalue weighted by atomic mass is 9.54. The summed E-state index contributed by atoms with van der Waals surface area (Å²) in [6.07, 6.45) is 0. The van der Waals surface area contributed by atoms with Crippen LogP contribution < -0.4 is 4.90 Å². The molecule has 21 heavy (non-hydrogen) atoms. The van der Waals surface area contributed by atoms with Gasteiger partial charge in [-0.3, -0.25) is 0 Å². The highest BCUT2D eigenvalue weighted by Crippen LogP contribution is 2.48. The maximum atomic E-state index is 14.4. The average Bonchev–Trinajstić information content (AvgIpc) is 2.44. The molecule has 0 saturated heterocycles. The van der Waals surface area contributed by atoms with Gasteiger partial charge >= 0.3 is 0 Å². The van der Waals surface area contributed by atoms with Gasteiger partial charge in [0.05, 0.1) is 15.7 Å². The summed E-state index contributed by atoms with van der Waals surface area (Å²) in [7, 11) is 14.5. The van der Waals surface area contributed by atoms with Crippen LogP contribution in [0.4, 0.5) is 10.1 Å². The van der Waals surface area contributed by atoms with E-state index in [9.17, 15) is 4.39 Å². The van der Waals surface area contributed by atoms with Crippen LogP contribution in [0.2, 0.25) is 0 Å². The Balaban J connectivity index is 2.43. The van der Waals surface area contributed by atoms with Crippen molar-refractivity contribution >= 4 is 21.4 Å². The molecule has 102 valence electrons. The Kier molecular flexibility index (Phi) is 3.16. The second-order valence-corrected chi connectivity index (χ2v) is 5.94. The zero-order valence-electron chi connectivity index (χ0n) is 12.5. The molecule has 1 nitrogen and oxygen atoms in total. The minimum Gasteiger partial charge on any atom is -0.381 e. The summed E-state index contributed by atoms with van der Waals surface area (Å²) in [5.41, 5.74) is 4.00. The lowest BCUT2D eigenvalue weighted by Crippen LogP contribution is -2.48. The molecule has 0 atom stereocenters. The molecule has 0 amide bonds. The summed E-state index contributed by atoms with van der Waals surface area (Å²) in [4.78, 5) is 1.85. The van der Waals surface area contributed by atoms with Crippen LogP contribution in [0.25, 0.3) is 11.1 Å². The SMILES string of the molecule is [B]C1([B])c2cccc(F)c2-c2cccc(C(C)C)c2N1C. The van der Waals surface area contributed by atoms with E-state index >= 15 is 0 Å². The van der Waals surface area contributed by atoms with Gasteiger partial charge in [-0.25, -0.2) is 4.39 Å². The fourth-order valence-corrected chi connectivity index (χ4v) is 3.10. The summed E-state index contributed by atoms with van der Waals surface area (Å²) < 4.78 is 14.4. The van der Waals surface area contributed by atoms with Gasteiger partial charge in [-0.15, -0.1) is 0 Å². The Bertz CT molecular complexity index is 710. The number of benzene rings is 2. The Morgan fingerprint density at radius 1 is 1.10 bits per heavy atom. The van der Waals surface area contributed by atoms with Crippen molar-refractivity contribution in [3.8, 4) is 11.1 Å². The van der Waals surface area contributed by atoms with Crippen LogP contribution in [0.5, 0.6) is 0 Å². The summed E-state index contributed by atoms with van der Waals surface area (Å²) >= 11 is 0. The van der Waals surface area contributed by atoms with E-state index in [0.29, 0.717) is 17.0 Å². The van der Waals surface area contributed by atoms with Gasteiger partial charge in [-0.2, -0.15) is 0 Å². The van der Waals surface area contributed by atoms with Gasteiger partial charge in [-0.05, 0) is 28.4 Å². The van der Waals surface area contributed by atoms with Crippen LogP contribution >= 0.6 is 0 Å². The Morgan fingerprint density at radius 2 is 1.76 bits per heavy atom. The number of hydrogen-bond donors (Lipinski definition) is 0. The molecule has 0 aromatic heterocycles. The van der Waals surface area contributed by atoms with Crippen LogP contribution in [0.15, 0.2) is 36.4 Å². The zero-order chi connectivity index (χ0) is 15.4. The molecule has 1 heterocycles. The van der Waals surface area contributed by atoms with Gasteiger partial charge in [0.15, 0.2) is 0 Å². The second-order valence-electron chi connectivity index (χ2n) is 5.94. The molecular formula is C17H16B2FN. The van der Waals surface area contributed by atoms with Gasteiger partial charge in [0.1, 0.15) is 5.82 Å². The Hall–Kier alpha value is -1.70. The summed E-state index contributed by atoms with van der Waals surface area (Å²) in [5.74, 6) is 0.00885. The van der Waals surface area contributed by atoms with Crippen molar-refractivity contribution in [2.24, 2.45) is 0 Å². The second kappa shape index (κ2) is 4.66. The lowest BCUT2D eigenvalue weighted by molar-refractivity contribution is 0.624. The van der Waals surface area contributed by atoms with Crippen molar-refractivity contribution in [2.45, 2.75) is 25.1 Å². The predicted molar refractivity (Wildman–Crippen MR) is 87.5 cm³/mol. The van der Waals surface area contributed by atoms with Crippen molar-refractivity contribution in [1.82, 2.24) is 0 Å². The van der Waals surface area contributed by atoms with E-state index in [2.05, 4.69) is 13.8 Å². The van der Waals surface area contributed by atoms with E-state index in [0.717, 1.165) is 16.8 Å². The molecule has 0 aliphatic carbocycles. The lowest BCUT2D eigenvalue weighted by Gasteiger charge is -2.46. The highest BCUT2D eigenvalue weighted by atomic mass is 19.1. The van der Waals surface area contributed by atoms with E-state index in [1.807, 2.05) is 30.1 Å². The quantitative estimate of drug-likeness (QED) is 0.720. The van der Waals surface area contributed by atoms with E-state index in [1.165, 1.54) is 6.07 Å². The van der Waals surface area contributed by atoms with Crippen LogP contribution in [0.1, 0.15) is 30.9 Å². The summed E-state index contributed by atoms with van der Waals surface area (Å²) in [6, 6.07) is 10.8. The van der Waals surface area contributed by atoms with Crippen LogP contribution in [0.3, 0.4) is 0 Å². The van der Waals surface area contributed by atoms with E-state index in [1.54, 1.807) is 12.1 Å². The molecule has 0 N–H and O–H groups in total. The minimum absolute atomic E-state index is 0.289. The first kappa shape index (κ1) is 14.2. The zero-order valence-corrected chi connectivity index (χ0v) is 12.5. The van der Waals surface area contributed by atoms with Crippen LogP contribution in [0, 0.1) is 5.82 Å². The number of nitrogens with zero attached hydrogens (tertiary/aromatic N) is 1. The van der Waals surface area contributed by atoms with Crippen LogP contribution in [-0.2, 0) is 5.34 Å². The summed E-state index contributed by atoms with van der Waals surface area (Å²) in [6.45, 7) is 4.21. The number of hydrogen-bond acceptors (Lipinski definition) is 1. The van der Waals surface area contributed by atoms with Gasteiger partial charge in [0.25, 0.3) is 0 Å². The van der Waals surface area contributed by atoms with Crippen molar-refractivity contribution in [2.75, 3.05) is 11.9 Å². The topological polar surface area (TPSA) is 3.24 Å².